The van der Waals surface area contributed by atoms with E-state index in [4.69, 9.17) is 0 Å². The lowest BCUT2D eigenvalue weighted by atomic mass is 9.97. The summed E-state index contributed by atoms with van der Waals surface area (Å²) in [5.74, 6) is 2.86. The number of hydrogen-bond acceptors (Lipinski definition) is 4. The maximum absolute atomic E-state index is 11.8. The van der Waals surface area contributed by atoms with Gasteiger partial charge in [0.2, 0.25) is 5.91 Å². The van der Waals surface area contributed by atoms with E-state index in [1.807, 2.05) is 6.92 Å². The molecular weight excluding hydrogens is 278 g/mol. The van der Waals surface area contributed by atoms with Gasteiger partial charge in [-0.25, -0.2) is 0 Å². The zero-order valence-corrected chi connectivity index (χ0v) is 13.6. The van der Waals surface area contributed by atoms with Crippen molar-refractivity contribution in [2.24, 2.45) is 0 Å². The predicted octanol–water partition coefficient (Wildman–Crippen LogP) is 1.32. The molecule has 0 aromatic carbocycles. The molecule has 22 heavy (non-hydrogen) atoms. The molecule has 0 bridgehead atoms. The molecule has 0 saturated carbocycles. The van der Waals surface area contributed by atoms with Crippen LogP contribution >= 0.6 is 0 Å². The van der Waals surface area contributed by atoms with Crippen molar-refractivity contribution in [1.29, 1.82) is 0 Å². The Morgan fingerprint density at radius 1 is 1.23 bits per heavy atom. The van der Waals surface area contributed by atoms with E-state index in [-0.39, 0.29) is 5.91 Å². The highest BCUT2D eigenvalue weighted by molar-refractivity contribution is 5.77. The Balaban J connectivity index is 1.67. The standard InChI is InChI=1S/C16H27N5O/c1-2-17-15(22)12-20-9-6-7-13(11-20)16-19-18-14-8-4-3-5-10-21(14)16/h13H,2-12H2,1H3,(H,17,22)/t13-/m1/s1. The number of aryl methyl sites for hydroxylation is 1. The summed E-state index contributed by atoms with van der Waals surface area (Å²) < 4.78 is 2.35. The average molecular weight is 305 g/mol. The van der Waals surface area contributed by atoms with Crippen molar-refractivity contribution in [3.05, 3.63) is 11.6 Å². The minimum atomic E-state index is 0.128. The summed E-state index contributed by atoms with van der Waals surface area (Å²) in [6.07, 6.45) is 7.09. The Hall–Kier alpha value is -1.43. The summed E-state index contributed by atoms with van der Waals surface area (Å²) >= 11 is 0. The van der Waals surface area contributed by atoms with Crippen LogP contribution in [0.2, 0.25) is 0 Å². The van der Waals surface area contributed by atoms with E-state index in [1.54, 1.807) is 0 Å². The first-order valence-corrected chi connectivity index (χ1v) is 8.69. The van der Waals surface area contributed by atoms with Gasteiger partial charge in [-0.3, -0.25) is 9.69 Å². The number of carbonyl (C=O) groups excluding carboxylic acids is 1. The van der Waals surface area contributed by atoms with E-state index in [1.165, 1.54) is 19.3 Å². The molecule has 1 aromatic heterocycles. The molecule has 1 aromatic rings. The largest absolute Gasteiger partial charge is 0.355 e. The lowest BCUT2D eigenvalue weighted by Crippen LogP contribution is -2.42. The summed E-state index contributed by atoms with van der Waals surface area (Å²) in [6, 6.07) is 0. The fourth-order valence-electron chi connectivity index (χ4n) is 3.68. The molecule has 2 aliphatic heterocycles. The van der Waals surface area contributed by atoms with Crippen LogP contribution in [-0.2, 0) is 17.8 Å². The third-order valence-corrected chi connectivity index (χ3v) is 4.75. The number of rotatable bonds is 4. The third kappa shape index (κ3) is 3.48. The molecule has 1 N–H and O–H groups in total. The third-order valence-electron chi connectivity index (χ3n) is 4.75. The van der Waals surface area contributed by atoms with Gasteiger partial charge in [0.15, 0.2) is 0 Å². The molecule has 122 valence electrons. The number of nitrogens with zero attached hydrogens (tertiary/aromatic N) is 4. The zero-order valence-electron chi connectivity index (χ0n) is 13.6. The topological polar surface area (TPSA) is 63.1 Å². The van der Waals surface area contributed by atoms with E-state index >= 15 is 0 Å². The fourth-order valence-corrected chi connectivity index (χ4v) is 3.68. The van der Waals surface area contributed by atoms with Gasteiger partial charge in [0, 0.05) is 32.0 Å². The van der Waals surface area contributed by atoms with E-state index in [9.17, 15) is 4.79 Å². The summed E-state index contributed by atoms with van der Waals surface area (Å²) in [6.45, 7) is 6.16. The van der Waals surface area contributed by atoms with Crippen molar-refractivity contribution in [1.82, 2.24) is 25.0 Å². The number of amides is 1. The average Bonchev–Trinajstić information content (AvgIpc) is 2.76. The van der Waals surface area contributed by atoms with Crippen LogP contribution in [0.15, 0.2) is 0 Å². The van der Waals surface area contributed by atoms with Crippen molar-refractivity contribution in [2.75, 3.05) is 26.2 Å². The number of hydrogen-bond donors (Lipinski definition) is 1. The van der Waals surface area contributed by atoms with Gasteiger partial charge >= 0.3 is 0 Å². The summed E-state index contributed by atoms with van der Waals surface area (Å²) in [5, 5.41) is 11.8. The molecule has 6 heteroatoms. The normalized spacial score (nSPS) is 22.9. The second-order valence-electron chi connectivity index (χ2n) is 6.46. The van der Waals surface area contributed by atoms with Crippen LogP contribution in [0.1, 0.15) is 56.6 Å². The number of piperidine rings is 1. The van der Waals surface area contributed by atoms with Gasteiger partial charge in [-0.2, -0.15) is 0 Å². The van der Waals surface area contributed by atoms with Gasteiger partial charge in [-0.15, -0.1) is 10.2 Å². The monoisotopic (exact) mass is 305 g/mol. The molecule has 1 saturated heterocycles. The lowest BCUT2D eigenvalue weighted by Gasteiger charge is -2.31. The van der Waals surface area contributed by atoms with Gasteiger partial charge in [0.05, 0.1) is 6.54 Å². The number of likely N-dealkylation sites (N-methyl/N-ethyl adjacent to an activating group) is 1. The maximum atomic E-state index is 11.8. The number of aromatic nitrogens is 3. The van der Waals surface area contributed by atoms with Gasteiger partial charge in [0.25, 0.3) is 0 Å². The molecule has 0 unspecified atom stereocenters. The zero-order chi connectivity index (χ0) is 15.4. The van der Waals surface area contributed by atoms with E-state index in [0.29, 0.717) is 19.0 Å². The van der Waals surface area contributed by atoms with E-state index < -0.39 is 0 Å². The lowest BCUT2D eigenvalue weighted by molar-refractivity contribution is -0.122. The first-order valence-electron chi connectivity index (χ1n) is 8.69. The van der Waals surface area contributed by atoms with Crippen LogP contribution < -0.4 is 5.32 Å². The molecule has 1 amide bonds. The first-order chi connectivity index (χ1) is 10.8. The van der Waals surface area contributed by atoms with Crippen molar-refractivity contribution in [3.8, 4) is 0 Å². The van der Waals surface area contributed by atoms with Crippen molar-refractivity contribution in [3.63, 3.8) is 0 Å². The summed E-state index contributed by atoms with van der Waals surface area (Å²) in [5.41, 5.74) is 0. The molecule has 3 rings (SSSR count). The highest BCUT2D eigenvalue weighted by Crippen LogP contribution is 2.27. The molecule has 0 spiro atoms. The Labute approximate surface area is 132 Å². The number of carbonyl (C=O) groups is 1. The van der Waals surface area contributed by atoms with Crippen LogP contribution in [0.3, 0.4) is 0 Å². The highest BCUT2D eigenvalue weighted by Gasteiger charge is 2.28. The molecule has 3 heterocycles. The van der Waals surface area contributed by atoms with Gasteiger partial charge in [-0.05, 0) is 39.2 Å². The molecular formula is C16H27N5O. The van der Waals surface area contributed by atoms with Crippen molar-refractivity contribution in [2.45, 2.75) is 57.9 Å². The smallest absolute Gasteiger partial charge is 0.234 e. The SMILES string of the molecule is CCNC(=O)CN1CCC[C@@H](c2nnc3n2CCCCC3)C1. The quantitative estimate of drug-likeness (QED) is 0.911. The Bertz CT molecular complexity index is 513. The molecule has 2 aliphatic rings. The Kier molecular flexibility index (Phi) is 5.08. The number of fused-ring (bicyclic) bond motifs is 1. The van der Waals surface area contributed by atoms with Gasteiger partial charge in [-0.1, -0.05) is 6.42 Å². The van der Waals surface area contributed by atoms with Crippen LogP contribution in [0.25, 0.3) is 0 Å². The maximum Gasteiger partial charge on any atom is 0.234 e. The van der Waals surface area contributed by atoms with Crippen molar-refractivity contribution >= 4 is 5.91 Å². The number of nitrogens with one attached hydrogen (secondary N) is 1. The van der Waals surface area contributed by atoms with Crippen LogP contribution in [0.5, 0.6) is 0 Å². The molecule has 6 nitrogen and oxygen atoms in total. The van der Waals surface area contributed by atoms with Gasteiger partial charge in [0.1, 0.15) is 11.6 Å². The minimum absolute atomic E-state index is 0.128. The van der Waals surface area contributed by atoms with E-state index in [0.717, 1.165) is 50.5 Å². The Morgan fingerprint density at radius 3 is 3.00 bits per heavy atom. The second kappa shape index (κ2) is 7.22. The summed E-state index contributed by atoms with van der Waals surface area (Å²) in [7, 11) is 0. The predicted molar refractivity (Wildman–Crippen MR) is 84.7 cm³/mol. The first kappa shape index (κ1) is 15.5. The number of likely N-dealkylation sites (tertiary alicyclic amines) is 1. The van der Waals surface area contributed by atoms with E-state index in [2.05, 4.69) is 25.0 Å². The molecule has 0 aliphatic carbocycles. The minimum Gasteiger partial charge on any atom is -0.355 e. The fraction of sp³-hybridized carbons (Fsp3) is 0.812. The highest BCUT2D eigenvalue weighted by atomic mass is 16.2. The second-order valence-corrected chi connectivity index (χ2v) is 6.46. The molecule has 1 atom stereocenters. The van der Waals surface area contributed by atoms with Crippen LogP contribution in [0, 0.1) is 0 Å². The van der Waals surface area contributed by atoms with Gasteiger partial charge < -0.3 is 9.88 Å². The van der Waals surface area contributed by atoms with Crippen molar-refractivity contribution < 1.29 is 4.79 Å². The van der Waals surface area contributed by atoms with Crippen LogP contribution in [-0.4, -0.2) is 51.8 Å². The summed E-state index contributed by atoms with van der Waals surface area (Å²) in [4.78, 5) is 14.1. The Morgan fingerprint density at radius 2 is 2.14 bits per heavy atom. The van der Waals surface area contributed by atoms with Crippen LogP contribution in [0.4, 0.5) is 0 Å². The molecule has 0 radical (unpaired) electrons. The molecule has 1 fully saturated rings.